The quantitative estimate of drug-likeness (QED) is 0.850. The predicted octanol–water partition coefficient (Wildman–Crippen LogP) is 4.16. The predicted molar refractivity (Wildman–Crippen MR) is 98.8 cm³/mol. The Balaban J connectivity index is 1.75. The number of hydrogen-bond acceptors (Lipinski definition) is 5. The number of halogens is 1. The molecule has 8 heteroatoms. The number of para-hydroxylation sites is 1. The third-order valence-electron chi connectivity index (χ3n) is 4.03. The number of likely N-dealkylation sites (tertiary alicyclic amines) is 1. The van der Waals surface area contributed by atoms with Crippen molar-refractivity contribution >= 4 is 38.7 Å². The molecular formula is C18H22FN3O3S. The van der Waals surface area contributed by atoms with E-state index in [1.54, 1.807) is 32.9 Å². The van der Waals surface area contributed by atoms with E-state index in [-0.39, 0.29) is 11.4 Å². The largest absolute Gasteiger partial charge is 0.444 e. The summed E-state index contributed by atoms with van der Waals surface area (Å²) in [7, 11) is 0. The molecule has 1 atom stereocenters. The van der Waals surface area contributed by atoms with E-state index >= 15 is 0 Å². The number of carbonyl (C=O) groups is 2. The van der Waals surface area contributed by atoms with Crippen molar-refractivity contribution in [2.75, 3.05) is 11.9 Å². The summed E-state index contributed by atoms with van der Waals surface area (Å²) >= 11 is 1.21. The maximum absolute atomic E-state index is 13.8. The van der Waals surface area contributed by atoms with Crippen molar-refractivity contribution in [1.29, 1.82) is 0 Å². The standard InChI is InChI=1S/C18H22FN3O3S/c1-18(2,3)25-17(24)22-10-5-4-8-12(22)15(23)21-16-20-14-11(19)7-6-9-13(14)26-16/h6-7,9,12H,4-5,8,10H2,1-3H3,(H,20,21,23). The van der Waals surface area contributed by atoms with E-state index in [0.29, 0.717) is 22.8 Å². The van der Waals surface area contributed by atoms with E-state index in [1.807, 2.05) is 0 Å². The molecule has 2 heterocycles. The Morgan fingerprint density at radius 1 is 1.35 bits per heavy atom. The van der Waals surface area contributed by atoms with Crippen LogP contribution in [-0.2, 0) is 9.53 Å². The molecule has 0 bridgehead atoms. The number of nitrogens with zero attached hydrogens (tertiary/aromatic N) is 2. The highest BCUT2D eigenvalue weighted by atomic mass is 32.1. The third-order valence-corrected chi connectivity index (χ3v) is 4.97. The number of anilines is 1. The van der Waals surface area contributed by atoms with Gasteiger partial charge in [0, 0.05) is 6.54 Å². The fourth-order valence-electron chi connectivity index (χ4n) is 2.90. The number of amides is 2. The smallest absolute Gasteiger partial charge is 0.410 e. The molecule has 1 aliphatic heterocycles. The number of ether oxygens (including phenoxy) is 1. The number of fused-ring (bicyclic) bond motifs is 1. The monoisotopic (exact) mass is 379 g/mol. The minimum atomic E-state index is -0.625. The first kappa shape index (κ1) is 18.6. The van der Waals surface area contributed by atoms with Gasteiger partial charge in [-0.3, -0.25) is 9.69 Å². The highest BCUT2D eigenvalue weighted by Gasteiger charge is 2.35. The fraction of sp³-hybridized carbons (Fsp3) is 0.500. The zero-order valence-corrected chi connectivity index (χ0v) is 15.9. The highest BCUT2D eigenvalue weighted by molar-refractivity contribution is 7.22. The average Bonchev–Trinajstić information content (AvgIpc) is 2.97. The van der Waals surface area contributed by atoms with E-state index < -0.39 is 23.6 Å². The van der Waals surface area contributed by atoms with Gasteiger partial charge < -0.3 is 10.1 Å². The maximum atomic E-state index is 13.8. The van der Waals surface area contributed by atoms with Crippen LogP contribution in [0.1, 0.15) is 40.0 Å². The first-order valence-corrected chi connectivity index (χ1v) is 9.42. The second kappa shape index (κ2) is 7.19. The Bertz CT molecular complexity index is 831. The van der Waals surface area contributed by atoms with Gasteiger partial charge in [-0.2, -0.15) is 0 Å². The normalized spacial score (nSPS) is 18.0. The van der Waals surface area contributed by atoms with Gasteiger partial charge in [0.25, 0.3) is 0 Å². The molecule has 0 saturated carbocycles. The van der Waals surface area contributed by atoms with Crippen LogP contribution in [0.3, 0.4) is 0 Å². The Morgan fingerprint density at radius 2 is 2.12 bits per heavy atom. The summed E-state index contributed by atoms with van der Waals surface area (Å²) in [6, 6.07) is 4.07. The molecule has 1 saturated heterocycles. The third kappa shape index (κ3) is 4.12. The summed E-state index contributed by atoms with van der Waals surface area (Å²) in [5.74, 6) is -0.748. The number of aromatic nitrogens is 1. The van der Waals surface area contributed by atoms with Gasteiger partial charge in [0.15, 0.2) is 5.13 Å². The Labute approximate surface area is 155 Å². The number of thiazole rings is 1. The second-order valence-corrected chi connectivity index (χ2v) is 8.31. The zero-order valence-electron chi connectivity index (χ0n) is 15.0. The topological polar surface area (TPSA) is 71.5 Å². The van der Waals surface area contributed by atoms with Crippen LogP contribution >= 0.6 is 11.3 Å². The van der Waals surface area contributed by atoms with E-state index in [1.165, 1.54) is 22.3 Å². The SMILES string of the molecule is CC(C)(C)OC(=O)N1CCCCC1C(=O)Nc1nc2c(F)cccc2s1. The van der Waals surface area contributed by atoms with Gasteiger partial charge in [0.05, 0.1) is 4.70 Å². The lowest BCUT2D eigenvalue weighted by molar-refractivity contribution is -0.122. The first-order valence-electron chi connectivity index (χ1n) is 8.60. The maximum Gasteiger partial charge on any atom is 0.410 e. The summed E-state index contributed by atoms with van der Waals surface area (Å²) in [6.45, 7) is 5.85. The van der Waals surface area contributed by atoms with Crippen LogP contribution in [0.25, 0.3) is 10.2 Å². The Morgan fingerprint density at radius 3 is 2.81 bits per heavy atom. The highest BCUT2D eigenvalue weighted by Crippen LogP contribution is 2.28. The Hall–Kier alpha value is -2.22. The van der Waals surface area contributed by atoms with Crippen molar-refractivity contribution in [2.24, 2.45) is 0 Å². The average molecular weight is 379 g/mol. The summed E-state index contributed by atoms with van der Waals surface area (Å²) < 4.78 is 19.9. The van der Waals surface area contributed by atoms with Crippen molar-refractivity contribution < 1.29 is 18.7 Å². The number of carbonyl (C=O) groups excluding carboxylic acids is 2. The van der Waals surface area contributed by atoms with Crippen molar-refractivity contribution in [3.63, 3.8) is 0 Å². The molecule has 1 aromatic heterocycles. The second-order valence-electron chi connectivity index (χ2n) is 7.28. The summed E-state index contributed by atoms with van der Waals surface area (Å²) in [5, 5.41) is 3.05. The molecule has 26 heavy (non-hydrogen) atoms. The van der Waals surface area contributed by atoms with Gasteiger partial charge in [-0.15, -0.1) is 0 Å². The molecule has 140 valence electrons. The van der Waals surface area contributed by atoms with Crippen LogP contribution in [0.4, 0.5) is 14.3 Å². The van der Waals surface area contributed by atoms with Crippen LogP contribution in [-0.4, -0.2) is 40.1 Å². The number of benzene rings is 1. The Kier molecular flexibility index (Phi) is 5.13. The van der Waals surface area contributed by atoms with Crippen molar-refractivity contribution in [2.45, 2.75) is 51.7 Å². The van der Waals surface area contributed by atoms with Gasteiger partial charge >= 0.3 is 6.09 Å². The molecule has 1 unspecified atom stereocenters. The molecule has 1 aromatic carbocycles. The molecule has 1 N–H and O–H groups in total. The van der Waals surface area contributed by atoms with Gasteiger partial charge in [-0.05, 0) is 52.2 Å². The molecule has 1 aliphatic rings. The van der Waals surface area contributed by atoms with Crippen LogP contribution in [0.2, 0.25) is 0 Å². The van der Waals surface area contributed by atoms with E-state index in [4.69, 9.17) is 4.74 Å². The zero-order chi connectivity index (χ0) is 18.9. The van der Waals surface area contributed by atoms with Crippen molar-refractivity contribution in [3.8, 4) is 0 Å². The molecule has 1 fully saturated rings. The molecule has 3 rings (SSSR count). The lowest BCUT2D eigenvalue weighted by Crippen LogP contribution is -2.51. The van der Waals surface area contributed by atoms with E-state index in [2.05, 4.69) is 10.3 Å². The van der Waals surface area contributed by atoms with Gasteiger partial charge in [0.1, 0.15) is 23.0 Å². The molecule has 2 aromatic rings. The van der Waals surface area contributed by atoms with Crippen molar-refractivity contribution in [3.05, 3.63) is 24.0 Å². The van der Waals surface area contributed by atoms with Crippen LogP contribution in [0, 0.1) is 5.82 Å². The molecule has 0 aliphatic carbocycles. The van der Waals surface area contributed by atoms with Crippen LogP contribution in [0.5, 0.6) is 0 Å². The number of rotatable bonds is 2. The molecule has 0 spiro atoms. The minimum Gasteiger partial charge on any atom is -0.444 e. The number of piperidine rings is 1. The fourth-order valence-corrected chi connectivity index (χ4v) is 3.78. The van der Waals surface area contributed by atoms with Gasteiger partial charge in [-0.1, -0.05) is 17.4 Å². The van der Waals surface area contributed by atoms with E-state index in [9.17, 15) is 14.0 Å². The summed E-state index contributed by atoms with van der Waals surface area (Å²) in [6.07, 6.45) is 1.75. The first-order chi connectivity index (χ1) is 12.2. The molecular weight excluding hydrogens is 357 g/mol. The lowest BCUT2D eigenvalue weighted by atomic mass is 10.0. The van der Waals surface area contributed by atoms with Crippen LogP contribution in [0.15, 0.2) is 18.2 Å². The van der Waals surface area contributed by atoms with Gasteiger partial charge in [-0.25, -0.2) is 14.2 Å². The molecule has 0 radical (unpaired) electrons. The molecule has 6 nitrogen and oxygen atoms in total. The van der Waals surface area contributed by atoms with E-state index in [0.717, 1.165) is 12.8 Å². The van der Waals surface area contributed by atoms with Gasteiger partial charge in [0.2, 0.25) is 5.91 Å². The minimum absolute atomic E-state index is 0.237. The summed E-state index contributed by atoms with van der Waals surface area (Å²) in [5.41, 5.74) is -0.388. The lowest BCUT2D eigenvalue weighted by Gasteiger charge is -2.35. The number of hydrogen-bond donors (Lipinski definition) is 1. The van der Waals surface area contributed by atoms with Crippen molar-refractivity contribution in [1.82, 2.24) is 9.88 Å². The number of nitrogens with one attached hydrogen (secondary N) is 1. The van der Waals surface area contributed by atoms with Crippen LogP contribution < -0.4 is 5.32 Å². The molecule has 2 amide bonds. The summed E-state index contributed by atoms with van der Waals surface area (Å²) in [4.78, 5) is 30.8.